The van der Waals surface area contributed by atoms with Gasteiger partial charge in [-0.15, -0.1) is 0 Å². The van der Waals surface area contributed by atoms with Crippen molar-refractivity contribution in [1.82, 2.24) is 5.32 Å². The first-order valence-electron chi connectivity index (χ1n) is 6.47. The largest absolute Gasteiger partial charge is 0.409 e. The molecule has 19 heavy (non-hydrogen) atoms. The quantitative estimate of drug-likeness (QED) is 0.296. The summed E-state index contributed by atoms with van der Waals surface area (Å²) in [4.78, 5) is 0. The molecule has 1 rings (SSSR count). The van der Waals surface area contributed by atoms with Gasteiger partial charge in [0.25, 0.3) is 0 Å². The topological polar surface area (TPSA) is 70.6 Å². The molecule has 1 aromatic carbocycles. The molecule has 106 valence electrons. The van der Waals surface area contributed by atoms with E-state index in [1.165, 1.54) is 0 Å². The highest BCUT2D eigenvalue weighted by molar-refractivity contribution is 7.98. The van der Waals surface area contributed by atoms with E-state index in [1.807, 2.05) is 42.1 Å². The van der Waals surface area contributed by atoms with Gasteiger partial charge in [-0.25, -0.2) is 0 Å². The first-order valence-corrected chi connectivity index (χ1v) is 7.87. The number of hydrogen-bond acceptors (Lipinski definition) is 4. The van der Waals surface area contributed by atoms with E-state index in [2.05, 4.69) is 23.7 Å². The Kier molecular flexibility index (Phi) is 7.36. The first kappa shape index (κ1) is 15.9. The molecule has 2 unspecified atom stereocenters. The number of benzene rings is 1. The number of oxime groups is 1. The fourth-order valence-corrected chi connectivity index (χ4v) is 2.71. The molecule has 0 aromatic heterocycles. The molecule has 0 bridgehead atoms. The molecular weight excluding hydrogens is 258 g/mol. The predicted octanol–water partition coefficient (Wildman–Crippen LogP) is 2.25. The highest BCUT2D eigenvalue weighted by atomic mass is 32.2. The summed E-state index contributed by atoms with van der Waals surface area (Å²) in [5.41, 5.74) is 6.87. The maximum Gasteiger partial charge on any atom is 0.147 e. The SMILES string of the molecule is CCC(CSC)NCC(/C(N)=N/O)c1ccccc1. The van der Waals surface area contributed by atoms with Crippen LogP contribution in [0.15, 0.2) is 35.5 Å². The van der Waals surface area contributed by atoms with Crippen molar-refractivity contribution < 1.29 is 5.21 Å². The second-order valence-corrected chi connectivity index (χ2v) is 5.37. The average molecular weight is 281 g/mol. The van der Waals surface area contributed by atoms with Crippen molar-refractivity contribution in [3.8, 4) is 0 Å². The van der Waals surface area contributed by atoms with Gasteiger partial charge in [0.1, 0.15) is 5.84 Å². The second-order valence-electron chi connectivity index (χ2n) is 4.46. The van der Waals surface area contributed by atoms with Crippen LogP contribution in [0, 0.1) is 0 Å². The Balaban J connectivity index is 2.71. The number of amidine groups is 1. The van der Waals surface area contributed by atoms with Crippen molar-refractivity contribution in [2.24, 2.45) is 10.9 Å². The minimum absolute atomic E-state index is 0.0953. The molecule has 0 heterocycles. The summed E-state index contributed by atoms with van der Waals surface area (Å²) in [6, 6.07) is 10.3. The van der Waals surface area contributed by atoms with Crippen LogP contribution in [-0.4, -0.2) is 35.6 Å². The number of nitrogens with two attached hydrogens (primary N) is 1. The van der Waals surface area contributed by atoms with E-state index in [1.54, 1.807) is 0 Å². The third-order valence-electron chi connectivity index (χ3n) is 3.15. The van der Waals surface area contributed by atoms with Gasteiger partial charge >= 0.3 is 0 Å². The lowest BCUT2D eigenvalue weighted by Crippen LogP contribution is -2.38. The predicted molar refractivity (Wildman–Crippen MR) is 83.1 cm³/mol. The Hall–Kier alpha value is -1.20. The van der Waals surface area contributed by atoms with Crippen LogP contribution in [0.4, 0.5) is 0 Å². The lowest BCUT2D eigenvalue weighted by atomic mass is 9.97. The van der Waals surface area contributed by atoms with Crippen LogP contribution in [0.5, 0.6) is 0 Å². The highest BCUT2D eigenvalue weighted by Crippen LogP contribution is 2.15. The zero-order valence-corrected chi connectivity index (χ0v) is 12.4. The van der Waals surface area contributed by atoms with E-state index < -0.39 is 0 Å². The van der Waals surface area contributed by atoms with Crippen LogP contribution in [0.25, 0.3) is 0 Å². The van der Waals surface area contributed by atoms with Crippen LogP contribution in [-0.2, 0) is 0 Å². The molecule has 0 aliphatic heterocycles. The fourth-order valence-electron chi connectivity index (χ4n) is 1.96. The maximum atomic E-state index is 8.92. The number of nitrogens with one attached hydrogen (secondary N) is 1. The molecule has 2 atom stereocenters. The molecule has 4 N–H and O–H groups in total. The van der Waals surface area contributed by atoms with Gasteiger partial charge in [-0.3, -0.25) is 0 Å². The summed E-state index contributed by atoms with van der Waals surface area (Å²) in [6.45, 7) is 2.84. The van der Waals surface area contributed by atoms with E-state index in [-0.39, 0.29) is 11.8 Å². The molecule has 0 fully saturated rings. The third-order valence-corrected chi connectivity index (χ3v) is 3.88. The van der Waals surface area contributed by atoms with Gasteiger partial charge in [0.2, 0.25) is 0 Å². The zero-order chi connectivity index (χ0) is 14.1. The van der Waals surface area contributed by atoms with Gasteiger partial charge in [-0.1, -0.05) is 42.4 Å². The summed E-state index contributed by atoms with van der Waals surface area (Å²) in [7, 11) is 0. The van der Waals surface area contributed by atoms with Gasteiger partial charge in [0, 0.05) is 18.3 Å². The smallest absolute Gasteiger partial charge is 0.147 e. The first-order chi connectivity index (χ1) is 9.22. The Bertz CT molecular complexity index is 384. The number of hydrogen-bond donors (Lipinski definition) is 3. The van der Waals surface area contributed by atoms with E-state index in [0.29, 0.717) is 12.6 Å². The Morgan fingerprint density at radius 1 is 1.42 bits per heavy atom. The normalized spacial score (nSPS) is 15.2. The third kappa shape index (κ3) is 5.12. The fraction of sp³-hybridized carbons (Fsp3) is 0.500. The molecule has 0 amide bonds. The lowest BCUT2D eigenvalue weighted by Gasteiger charge is -2.21. The second kappa shape index (κ2) is 8.82. The molecule has 0 spiro atoms. The van der Waals surface area contributed by atoms with Crippen molar-refractivity contribution in [3.05, 3.63) is 35.9 Å². The maximum absolute atomic E-state index is 8.92. The monoisotopic (exact) mass is 281 g/mol. The molecule has 0 aliphatic rings. The van der Waals surface area contributed by atoms with E-state index in [0.717, 1.165) is 17.7 Å². The van der Waals surface area contributed by atoms with Gasteiger partial charge in [0.15, 0.2) is 0 Å². The summed E-state index contributed by atoms with van der Waals surface area (Å²) < 4.78 is 0. The molecule has 0 radical (unpaired) electrons. The number of nitrogens with zero attached hydrogens (tertiary/aromatic N) is 1. The highest BCUT2D eigenvalue weighted by Gasteiger charge is 2.17. The van der Waals surface area contributed by atoms with E-state index >= 15 is 0 Å². The van der Waals surface area contributed by atoms with Crippen LogP contribution < -0.4 is 11.1 Å². The minimum Gasteiger partial charge on any atom is -0.409 e. The van der Waals surface area contributed by atoms with Crippen molar-refractivity contribution in [1.29, 1.82) is 0 Å². The van der Waals surface area contributed by atoms with Crippen LogP contribution in [0.1, 0.15) is 24.8 Å². The van der Waals surface area contributed by atoms with Gasteiger partial charge in [-0.05, 0) is 18.2 Å². The number of thioether (sulfide) groups is 1. The lowest BCUT2D eigenvalue weighted by molar-refractivity contribution is 0.315. The van der Waals surface area contributed by atoms with Crippen LogP contribution in [0.2, 0.25) is 0 Å². The molecule has 0 saturated heterocycles. The number of rotatable bonds is 8. The van der Waals surface area contributed by atoms with Crippen molar-refractivity contribution in [3.63, 3.8) is 0 Å². The van der Waals surface area contributed by atoms with Crippen LogP contribution >= 0.6 is 11.8 Å². The van der Waals surface area contributed by atoms with Gasteiger partial charge < -0.3 is 16.3 Å². The Morgan fingerprint density at radius 2 is 2.11 bits per heavy atom. The average Bonchev–Trinajstić information content (AvgIpc) is 2.47. The van der Waals surface area contributed by atoms with Crippen molar-refractivity contribution >= 4 is 17.6 Å². The standard InChI is InChI=1S/C14H23N3OS/c1-3-12(10-19-2)16-9-13(14(15)17-18)11-7-5-4-6-8-11/h4-8,12-13,16,18H,3,9-10H2,1-2H3,(H2,15,17). The van der Waals surface area contributed by atoms with Crippen molar-refractivity contribution in [2.45, 2.75) is 25.3 Å². The minimum atomic E-state index is -0.0953. The summed E-state index contributed by atoms with van der Waals surface area (Å²) in [6.07, 6.45) is 3.17. The summed E-state index contributed by atoms with van der Waals surface area (Å²) in [5, 5.41) is 15.6. The van der Waals surface area contributed by atoms with Crippen LogP contribution in [0.3, 0.4) is 0 Å². The van der Waals surface area contributed by atoms with E-state index in [4.69, 9.17) is 10.9 Å². The summed E-state index contributed by atoms with van der Waals surface area (Å²) in [5.74, 6) is 1.22. The summed E-state index contributed by atoms with van der Waals surface area (Å²) >= 11 is 1.82. The Morgan fingerprint density at radius 3 is 2.63 bits per heavy atom. The molecule has 5 heteroatoms. The van der Waals surface area contributed by atoms with Crippen molar-refractivity contribution in [2.75, 3.05) is 18.6 Å². The molecule has 4 nitrogen and oxygen atoms in total. The van der Waals surface area contributed by atoms with E-state index in [9.17, 15) is 0 Å². The van der Waals surface area contributed by atoms with Gasteiger partial charge in [0.05, 0.1) is 5.92 Å². The molecule has 0 aliphatic carbocycles. The molecule has 0 saturated carbocycles. The molecule has 1 aromatic rings. The zero-order valence-electron chi connectivity index (χ0n) is 11.5. The molecular formula is C14H23N3OS. The van der Waals surface area contributed by atoms with Gasteiger partial charge in [-0.2, -0.15) is 11.8 Å². The Labute approximate surface area is 119 Å².